The molecule has 0 radical (unpaired) electrons. The first-order chi connectivity index (χ1) is 11.4. The Morgan fingerprint density at radius 2 is 2.17 bits per heavy atom. The van der Waals surface area contributed by atoms with Crippen molar-refractivity contribution < 1.29 is 14.0 Å². The number of carbonyl (C=O) groups is 2. The number of aryl methyl sites for hydroxylation is 1. The molecule has 8 nitrogen and oxygen atoms in total. The summed E-state index contributed by atoms with van der Waals surface area (Å²) in [7, 11) is 0. The monoisotopic (exact) mass is 330 g/mol. The van der Waals surface area contributed by atoms with Crippen molar-refractivity contribution >= 4 is 11.8 Å². The minimum Gasteiger partial charge on any atom is -0.466 e. The normalized spacial score (nSPS) is 20.2. The lowest BCUT2D eigenvalue weighted by Gasteiger charge is -2.16. The molecule has 8 heteroatoms. The third-order valence-electron chi connectivity index (χ3n) is 4.01. The number of aromatic amines is 1. The molecule has 0 bridgehead atoms. The fourth-order valence-corrected chi connectivity index (χ4v) is 2.94. The van der Waals surface area contributed by atoms with Crippen LogP contribution in [0.4, 0.5) is 0 Å². The first kappa shape index (κ1) is 16.0. The molecule has 2 amide bonds. The molecule has 1 aliphatic rings. The lowest BCUT2D eigenvalue weighted by molar-refractivity contribution is -0.119. The van der Waals surface area contributed by atoms with Gasteiger partial charge in [-0.25, -0.2) is 4.98 Å². The van der Waals surface area contributed by atoms with Crippen molar-refractivity contribution in [1.29, 1.82) is 0 Å². The van der Waals surface area contributed by atoms with Crippen LogP contribution in [0, 0.1) is 6.92 Å². The van der Waals surface area contributed by atoms with E-state index in [2.05, 4.69) is 15.3 Å². The van der Waals surface area contributed by atoms with Crippen LogP contribution in [0.3, 0.4) is 0 Å². The number of nitrogens with one attached hydrogen (secondary N) is 2. The van der Waals surface area contributed by atoms with Crippen molar-refractivity contribution in [2.24, 2.45) is 0 Å². The zero-order chi connectivity index (χ0) is 17.3. The molecule has 3 heterocycles. The summed E-state index contributed by atoms with van der Waals surface area (Å²) < 4.78 is 5.68. The molecular weight excluding hydrogens is 312 g/mol. The number of aromatic nitrogens is 2. The van der Waals surface area contributed by atoms with Crippen LogP contribution in [0.1, 0.15) is 34.9 Å². The van der Waals surface area contributed by atoms with Crippen molar-refractivity contribution in [3.63, 3.8) is 0 Å². The number of likely N-dealkylation sites (tertiary alicyclic amines) is 1. The quantitative estimate of drug-likeness (QED) is 0.847. The molecule has 24 heavy (non-hydrogen) atoms. The van der Waals surface area contributed by atoms with Gasteiger partial charge < -0.3 is 19.6 Å². The van der Waals surface area contributed by atoms with E-state index in [1.54, 1.807) is 4.90 Å². The minimum atomic E-state index is -0.368. The lowest BCUT2D eigenvalue weighted by atomic mass is 10.0. The van der Waals surface area contributed by atoms with Crippen molar-refractivity contribution in [3.8, 4) is 0 Å². The second-order valence-electron chi connectivity index (χ2n) is 5.87. The van der Waals surface area contributed by atoms with Gasteiger partial charge >= 0.3 is 0 Å². The Morgan fingerprint density at radius 1 is 1.38 bits per heavy atom. The molecule has 1 fully saturated rings. The smallest absolute Gasteiger partial charge is 0.274 e. The molecule has 126 valence electrons. The Bertz CT molecular complexity index is 805. The Balaban J connectivity index is 1.83. The van der Waals surface area contributed by atoms with Gasteiger partial charge in [0.25, 0.3) is 11.5 Å². The summed E-state index contributed by atoms with van der Waals surface area (Å²) >= 11 is 0. The molecular formula is C16H18N4O4. The van der Waals surface area contributed by atoms with E-state index in [4.69, 9.17) is 4.42 Å². The van der Waals surface area contributed by atoms with E-state index >= 15 is 0 Å². The van der Waals surface area contributed by atoms with Crippen molar-refractivity contribution in [1.82, 2.24) is 20.2 Å². The second kappa shape index (κ2) is 6.31. The van der Waals surface area contributed by atoms with Gasteiger partial charge in [-0.3, -0.25) is 14.4 Å². The Kier molecular flexibility index (Phi) is 4.20. The van der Waals surface area contributed by atoms with Crippen molar-refractivity contribution in [3.05, 3.63) is 52.1 Å². The summed E-state index contributed by atoms with van der Waals surface area (Å²) in [6.07, 6.45) is 2.37. The van der Waals surface area contributed by atoms with Crippen molar-refractivity contribution in [2.75, 3.05) is 13.1 Å². The fraction of sp³-hybridized carbons (Fsp3) is 0.375. The Morgan fingerprint density at radius 3 is 2.75 bits per heavy atom. The standard InChI is InChI=1S/C16H18N4O4/c1-9-3-4-14(24-9)11-7-20(8-13(11)19-10(2)21)16(23)12-5-18-15(22)6-17-12/h3-6,11,13H,7-8H2,1-2H3,(H,18,22)(H,19,21)/t11-,13-/m1/s1. The molecule has 2 N–H and O–H groups in total. The molecule has 2 atom stereocenters. The van der Waals surface area contributed by atoms with Gasteiger partial charge in [0.2, 0.25) is 5.91 Å². The van der Waals surface area contributed by atoms with Crippen LogP contribution in [0.5, 0.6) is 0 Å². The van der Waals surface area contributed by atoms with Gasteiger partial charge in [0.15, 0.2) is 0 Å². The maximum absolute atomic E-state index is 12.6. The number of amides is 2. The average Bonchev–Trinajstić information content (AvgIpc) is 3.13. The lowest BCUT2D eigenvalue weighted by Crippen LogP contribution is -2.39. The molecule has 1 aliphatic heterocycles. The highest BCUT2D eigenvalue weighted by molar-refractivity contribution is 5.92. The largest absolute Gasteiger partial charge is 0.466 e. The summed E-state index contributed by atoms with van der Waals surface area (Å²) in [5, 5.41) is 2.87. The number of rotatable bonds is 3. The third kappa shape index (κ3) is 3.22. The van der Waals surface area contributed by atoms with Gasteiger partial charge in [-0.2, -0.15) is 0 Å². The van der Waals surface area contributed by atoms with Crippen LogP contribution in [-0.4, -0.2) is 45.8 Å². The summed E-state index contributed by atoms with van der Waals surface area (Å²) in [5.74, 6) is 0.918. The van der Waals surface area contributed by atoms with Crippen molar-refractivity contribution in [2.45, 2.75) is 25.8 Å². The summed E-state index contributed by atoms with van der Waals surface area (Å²) in [5.41, 5.74) is -0.208. The zero-order valence-electron chi connectivity index (χ0n) is 13.4. The highest BCUT2D eigenvalue weighted by Crippen LogP contribution is 2.29. The minimum absolute atomic E-state index is 0.130. The number of furan rings is 1. The molecule has 3 rings (SSSR count). The topological polar surface area (TPSA) is 108 Å². The van der Waals surface area contributed by atoms with Crippen LogP contribution in [-0.2, 0) is 4.79 Å². The molecule has 1 saturated heterocycles. The third-order valence-corrected chi connectivity index (χ3v) is 4.01. The first-order valence-electron chi connectivity index (χ1n) is 7.61. The highest BCUT2D eigenvalue weighted by Gasteiger charge is 2.39. The van der Waals surface area contributed by atoms with Gasteiger partial charge in [0.1, 0.15) is 17.2 Å². The Labute approximate surface area is 137 Å². The number of H-pyrrole nitrogens is 1. The van der Waals surface area contributed by atoms with E-state index in [-0.39, 0.29) is 35.0 Å². The van der Waals surface area contributed by atoms with Gasteiger partial charge in [-0.05, 0) is 19.1 Å². The number of hydrogen-bond acceptors (Lipinski definition) is 5. The van der Waals surface area contributed by atoms with E-state index < -0.39 is 0 Å². The van der Waals surface area contributed by atoms with E-state index in [9.17, 15) is 14.4 Å². The van der Waals surface area contributed by atoms with Gasteiger partial charge in [0, 0.05) is 26.2 Å². The van der Waals surface area contributed by atoms with E-state index in [1.807, 2.05) is 19.1 Å². The highest BCUT2D eigenvalue weighted by atomic mass is 16.3. The van der Waals surface area contributed by atoms with Crippen LogP contribution < -0.4 is 10.9 Å². The zero-order valence-corrected chi connectivity index (χ0v) is 13.4. The molecule has 0 aliphatic carbocycles. The summed E-state index contributed by atoms with van der Waals surface area (Å²) in [4.78, 5) is 43.0. The predicted molar refractivity (Wildman–Crippen MR) is 84.6 cm³/mol. The average molecular weight is 330 g/mol. The van der Waals surface area contributed by atoms with E-state index in [0.29, 0.717) is 13.1 Å². The van der Waals surface area contributed by atoms with Gasteiger partial charge in [-0.15, -0.1) is 0 Å². The molecule has 0 saturated carbocycles. The van der Waals surface area contributed by atoms with Crippen LogP contribution in [0.25, 0.3) is 0 Å². The van der Waals surface area contributed by atoms with E-state index in [0.717, 1.165) is 17.7 Å². The number of nitrogens with zero attached hydrogens (tertiary/aromatic N) is 2. The van der Waals surface area contributed by atoms with E-state index in [1.165, 1.54) is 13.1 Å². The number of carbonyl (C=O) groups excluding carboxylic acids is 2. The van der Waals surface area contributed by atoms with Crippen LogP contribution in [0.15, 0.2) is 33.7 Å². The fourth-order valence-electron chi connectivity index (χ4n) is 2.94. The molecule has 0 spiro atoms. The van der Waals surface area contributed by atoms with Gasteiger partial charge in [0.05, 0.1) is 18.2 Å². The van der Waals surface area contributed by atoms with Crippen LogP contribution in [0.2, 0.25) is 0 Å². The van der Waals surface area contributed by atoms with Crippen LogP contribution >= 0.6 is 0 Å². The predicted octanol–water partition coefficient (Wildman–Crippen LogP) is 0.416. The Hall–Kier alpha value is -2.90. The van der Waals surface area contributed by atoms with Gasteiger partial charge in [-0.1, -0.05) is 0 Å². The number of hydrogen-bond donors (Lipinski definition) is 2. The summed E-state index contributed by atoms with van der Waals surface area (Å²) in [6, 6.07) is 3.48. The molecule has 0 unspecified atom stereocenters. The molecule has 2 aromatic heterocycles. The maximum Gasteiger partial charge on any atom is 0.274 e. The first-order valence-corrected chi connectivity index (χ1v) is 7.61. The SMILES string of the molecule is CC(=O)N[C@@H]1CN(C(=O)c2c[nH]c(=O)cn2)C[C@H]1c1ccc(C)o1. The summed E-state index contributed by atoms with van der Waals surface area (Å²) in [6.45, 7) is 4.04. The second-order valence-corrected chi connectivity index (χ2v) is 5.87. The molecule has 2 aromatic rings. The molecule has 0 aromatic carbocycles. The maximum atomic E-state index is 12.6.